The van der Waals surface area contributed by atoms with Crippen molar-refractivity contribution in [2.45, 2.75) is 37.4 Å². The lowest BCUT2D eigenvalue weighted by Gasteiger charge is -2.10. The standard InChI is InChI=1S/C15H18N4O4S/c20-15(9-10-24(21,22)14-3-1-2-4-14)23-13-7-5-12(6-8-13)19-11-16-17-18-19/h5-8,11,14H,1-4,9-10H2. The van der Waals surface area contributed by atoms with Crippen molar-refractivity contribution in [2.75, 3.05) is 5.75 Å². The van der Waals surface area contributed by atoms with Crippen LogP contribution in [0, 0.1) is 0 Å². The van der Waals surface area contributed by atoms with Gasteiger partial charge in [0.1, 0.15) is 12.1 Å². The summed E-state index contributed by atoms with van der Waals surface area (Å²) in [5.41, 5.74) is 0.726. The van der Waals surface area contributed by atoms with Gasteiger partial charge in [0.05, 0.1) is 23.1 Å². The van der Waals surface area contributed by atoms with E-state index < -0.39 is 15.8 Å². The maximum atomic E-state index is 12.1. The highest BCUT2D eigenvalue weighted by Crippen LogP contribution is 2.25. The van der Waals surface area contributed by atoms with Crippen LogP contribution in [-0.2, 0) is 14.6 Å². The molecule has 9 heteroatoms. The molecule has 0 unspecified atom stereocenters. The maximum Gasteiger partial charge on any atom is 0.312 e. The van der Waals surface area contributed by atoms with E-state index in [0.717, 1.165) is 18.5 Å². The fraction of sp³-hybridized carbons (Fsp3) is 0.467. The molecule has 128 valence electrons. The summed E-state index contributed by atoms with van der Waals surface area (Å²) in [7, 11) is -3.21. The van der Waals surface area contributed by atoms with E-state index >= 15 is 0 Å². The average molecular weight is 350 g/mol. The number of sulfone groups is 1. The van der Waals surface area contributed by atoms with Crippen molar-refractivity contribution in [3.63, 3.8) is 0 Å². The van der Waals surface area contributed by atoms with Gasteiger partial charge in [-0.2, -0.15) is 0 Å². The van der Waals surface area contributed by atoms with E-state index in [2.05, 4.69) is 15.5 Å². The van der Waals surface area contributed by atoms with Crippen molar-refractivity contribution in [1.82, 2.24) is 20.2 Å². The number of hydrogen-bond donors (Lipinski definition) is 0. The zero-order chi connectivity index (χ0) is 17.0. The third-order valence-corrected chi connectivity index (χ3v) is 6.34. The molecule has 1 saturated carbocycles. The van der Waals surface area contributed by atoms with Gasteiger partial charge in [-0.15, -0.1) is 5.10 Å². The molecule has 1 heterocycles. The fourth-order valence-electron chi connectivity index (χ4n) is 2.77. The molecule has 8 nitrogen and oxygen atoms in total. The SMILES string of the molecule is O=C(CCS(=O)(=O)C1CCCC1)Oc1ccc(-n2cnnn2)cc1. The Hall–Kier alpha value is -2.29. The highest BCUT2D eigenvalue weighted by molar-refractivity contribution is 7.92. The normalized spacial score (nSPS) is 15.5. The topological polar surface area (TPSA) is 104 Å². The number of ether oxygens (including phenoxy) is 1. The molecule has 1 fully saturated rings. The van der Waals surface area contributed by atoms with E-state index in [-0.39, 0.29) is 17.4 Å². The third kappa shape index (κ3) is 3.97. The molecule has 1 aliphatic carbocycles. The van der Waals surface area contributed by atoms with E-state index in [0.29, 0.717) is 18.6 Å². The second kappa shape index (κ2) is 7.08. The minimum Gasteiger partial charge on any atom is -0.427 e. The molecule has 1 aliphatic rings. The monoisotopic (exact) mass is 350 g/mol. The third-order valence-electron chi connectivity index (χ3n) is 4.08. The lowest BCUT2D eigenvalue weighted by Crippen LogP contribution is -2.23. The van der Waals surface area contributed by atoms with Crippen LogP contribution in [0.2, 0.25) is 0 Å². The summed E-state index contributed by atoms with van der Waals surface area (Å²) in [6, 6.07) is 6.63. The minimum absolute atomic E-state index is 0.131. The van der Waals surface area contributed by atoms with E-state index in [9.17, 15) is 13.2 Å². The van der Waals surface area contributed by atoms with Crippen LogP contribution in [-0.4, -0.2) is 45.6 Å². The second-order valence-electron chi connectivity index (χ2n) is 5.75. The molecule has 0 aliphatic heterocycles. The van der Waals surface area contributed by atoms with Gasteiger partial charge in [0.25, 0.3) is 0 Å². The molecule has 0 radical (unpaired) electrons. The predicted octanol–water partition coefficient (Wildman–Crippen LogP) is 1.32. The Morgan fingerprint density at radius 3 is 2.54 bits per heavy atom. The highest BCUT2D eigenvalue weighted by atomic mass is 32.2. The number of hydrogen-bond acceptors (Lipinski definition) is 7. The number of carbonyl (C=O) groups is 1. The van der Waals surface area contributed by atoms with Crippen molar-refractivity contribution in [3.8, 4) is 11.4 Å². The molecule has 0 saturated heterocycles. The largest absolute Gasteiger partial charge is 0.427 e. The molecular formula is C15H18N4O4S. The first kappa shape index (κ1) is 16.6. The predicted molar refractivity (Wildman–Crippen MR) is 85.4 cm³/mol. The molecule has 0 bridgehead atoms. The van der Waals surface area contributed by atoms with Crippen LogP contribution >= 0.6 is 0 Å². The molecule has 1 aromatic heterocycles. The quantitative estimate of drug-likeness (QED) is 0.571. The smallest absolute Gasteiger partial charge is 0.312 e. The van der Waals surface area contributed by atoms with Crippen LogP contribution in [0.25, 0.3) is 5.69 Å². The van der Waals surface area contributed by atoms with Crippen LogP contribution < -0.4 is 4.74 Å². The number of tetrazole rings is 1. The van der Waals surface area contributed by atoms with Crippen LogP contribution in [0.1, 0.15) is 32.1 Å². The zero-order valence-electron chi connectivity index (χ0n) is 13.0. The van der Waals surface area contributed by atoms with Gasteiger partial charge < -0.3 is 4.74 Å². The van der Waals surface area contributed by atoms with Crippen LogP contribution in [0.3, 0.4) is 0 Å². The zero-order valence-corrected chi connectivity index (χ0v) is 13.9. The van der Waals surface area contributed by atoms with Crippen LogP contribution in [0.4, 0.5) is 0 Å². The van der Waals surface area contributed by atoms with Gasteiger partial charge in [0.15, 0.2) is 9.84 Å². The summed E-state index contributed by atoms with van der Waals surface area (Å²) in [4.78, 5) is 11.9. The summed E-state index contributed by atoms with van der Waals surface area (Å²) in [6.45, 7) is 0. The van der Waals surface area contributed by atoms with E-state index in [1.807, 2.05) is 0 Å². The van der Waals surface area contributed by atoms with E-state index in [1.54, 1.807) is 24.3 Å². The van der Waals surface area contributed by atoms with E-state index in [1.165, 1.54) is 11.0 Å². The molecule has 0 N–H and O–H groups in total. The number of carbonyl (C=O) groups excluding carboxylic acids is 1. The fourth-order valence-corrected chi connectivity index (χ4v) is 4.60. The molecule has 3 rings (SSSR count). The Kier molecular flexibility index (Phi) is 4.89. The Morgan fingerprint density at radius 1 is 1.21 bits per heavy atom. The Morgan fingerprint density at radius 2 is 1.92 bits per heavy atom. The summed E-state index contributed by atoms with van der Waals surface area (Å²) in [5.74, 6) is -0.346. The van der Waals surface area contributed by atoms with Gasteiger partial charge in [0.2, 0.25) is 0 Å². The average Bonchev–Trinajstić information content (AvgIpc) is 3.27. The number of esters is 1. The summed E-state index contributed by atoms with van der Waals surface area (Å²) < 4.78 is 30.9. The Bertz CT molecular complexity index is 781. The number of benzene rings is 1. The first-order valence-corrected chi connectivity index (χ1v) is 9.52. The number of aromatic nitrogens is 4. The van der Waals surface area contributed by atoms with Crippen LogP contribution in [0.15, 0.2) is 30.6 Å². The van der Waals surface area contributed by atoms with Gasteiger partial charge in [-0.05, 0) is 47.5 Å². The summed E-state index contributed by atoms with van der Waals surface area (Å²) >= 11 is 0. The molecule has 1 aromatic carbocycles. The molecular weight excluding hydrogens is 332 g/mol. The first-order chi connectivity index (χ1) is 11.5. The second-order valence-corrected chi connectivity index (χ2v) is 8.15. The molecule has 0 atom stereocenters. The Labute approximate surface area is 139 Å². The van der Waals surface area contributed by atoms with Crippen LogP contribution in [0.5, 0.6) is 5.75 Å². The van der Waals surface area contributed by atoms with Gasteiger partial charge in [0, 0.05) is 0 Å². The van der Waals surface area contributed by atoms with Gasteiger partial charge in [-0.1, -0.05) is 12.8 Å². The molecule has 0 amide bonds. The van der Waals surface area contributed by atoms with Gasteiger partial charge >= 0.3 is 5.97 Å². The lowest BCUT2D eigenvalue weighted by molar-refractivity contribution is -0.133. The first-order valence-electron chi connectivity index (χ1n) is 7.80. The van der Waals surface area contributed by atoms with Gasteiger partial charge in [-0.25, -0.2) is 13.1 Å². The van der Waals surface area contributed by atoms with Crippen molar-refractivity contribution < 1.29 is 17.9 Å². The minimum atomic E-state index is -3.21. The summed E-state index contributed by atoms with van der Waals surface area (Å²) in [5, 5.41) is 10.5. The molecule has 2 aromatic rings. The van der Waals surface area contributed by atoms with Crippen molar-refractivity contribution in [3.05, 3.63) is 30.6 Å². The molecule has 24 heavy (non-hydrogen) atoms. The highest BCUT2D eigenvalue weighted by Gasteiger charge is 2.29. The lowest BCUT2D eigenvalue weighted by atomic mass is 10.3. The summed E-state index contributed by atoms with van der Waals surface area (Å²) in [6.07, 6.45) is 4.62. The van der Waals surface area contributed by atoms with Gasteiger partial charge in [-0.3, -0.25) is 4.79 Å². The number of rotatable bonds is 6. The van der Waals surface area contributed by atoms with Crippen molar-refractivity contribution in [1.29, 1.82) is 0 Å². The number of nitrogens with zero attached hydrogens (tertiary/aromatic N) is 4. The van der Waals surface area contributed by atoms with E-state index in [4.69, 9.17) is 4.74 Å². The Balaban J connectivity index is 1.53. The van der Waals surface area contributed by atoms with Crippen molar-refractivity contribution >= 4 is 15.8 Å². The maximum absolute atomic E-state index is 12.1. The van der Waals surface area contributed by atoms with Crippen molar-refractivity contribution in [2.24, 2.45) is 0 Å². The molecule has 0 spiro atoms.